The molecular formula is C31H45N3O5S. The molecule has 0 aromatic heterocycles. The Hall–Kier alpha value is -2.62. The largest absolute Gasteiger partial charge is 0.488 e. The summed E-state index contributed by atoms with van der Waals surface area (Å²) in [6.45, 7) is 7.93. The van der Waals surface area contributed by atoms with Crippen molar-refractivity contribution in [2.24, 2.45) is 11.8 Å². The molecule has 220 valence electrons. The Kier molecular flexibility index (Phi) is 10.1. The average Bonchev–Trinajstić information content (AvgIpc) is 2.96. The molecule has 0 saturated heterocycles. The molecule has 4 rings (SSSR count). The summed E-state index contributed by atoms with van der Waals surface area (Å²) in [4.78, 5) is 17.7. The number of carbonyl (C=O) groups excluding carboxylic acids is 1. The number of hydrogen-bond acceptors (Lipinski definition) is 6. The first kappa shape index (κ1) is 30.3. The van der Waals surface area contributed by atoms with Crippen molar-refractivity contribution >= 4 is 21.6 Å². The molecule has 2 aromatic carbocycles. The number of benzene rings is 2. The minimum absolute atomic E-state index is 0.0254. The zero-order valence-corrected chi connectivity index (χ0v) is 25.1. The topological polar surface area (TPSA) is 99.2 Å². The minimum atomic E-state index is -3.80. The highest BCUT2D eigenvalue weighted by atomic mass is 32.2. The third-order valence-corrected chi connectivity index (χ3v) is 9.68. The van der Waals surface area contributed by atoms with Gasteiger partial charge in [0.2, 0.25) is 5.91 Å². The van der Waals surface area contributed by atoms with Crippen molar-refractivity contribution in [3.63, 3.8) is 0 Å². The van der Waals surface area contributed by atoms with Crippen LogP contribution in [-0.2, 0) is 21.2 Å². The van der Waals surface area contributed by atoms with Gasteiger partial charge in [-0.05, 0) is 70.0 Å². The number of aryl methyl sites for hydroxylation is 1. The number of nitrogens with one attached hydrogen (secondary N) is 1. The smallest absolute Gasteiger partial charge is 0.261 e. The number of rotatable bonds is 9. The van der Waals surface area contributed by atoms with Crippen molar-refractivity contribution in [2.45, 2.75) is 76.3 Å². The molecule has 1 heterocycles. The third-order valence-electron chi connectivity index (χ3n) is 8.29. The lowest BCUT2D eigenvalue weighted by atomic mass is 9.89. The third kappa shape index (κ3) is 7.77. The van der Waals surface area contributed by atoms with Crippen LogP contribution in [0.5, 0.6) is 5.75 Å². The fraction of sp³-hybridized carbons (Fsp3) is 0.581. The predicted molar refractivity (Wildman–Crippen MR) is 158 cm³/mol. The van der Waals surface area contributed by atoms with Gasteiger partial charge in [0, 0.05) is 36.8 Å². The van der Waals surface area contributed by atoms with Crippen molar-refractivity contribution < 1.29 is 23.1 Å². The molecule has 2 aliphatic rings. The van der Waals surface area contributed by atoms with E-state index < -0.39 is 10.0 Å². The second-order valence-corrected chi connectivity index (χ2v) is 13.5. The zero-order valence-electron chi connectivity index (χ0n) is 24.3. The predicted octanol–water partition coefficient (Wildman–Crippen LogP) is 4.46. The van der Waals surface area contributed by atoms with E-state index in [0.717, 1.165) is 12.1 Å². The maximum Gasteiger partial charge on any atom is 0.261 e. The van der Waals surface area contributed by atoms with Crippen LogP contribution < -0.4 is 9.46 Å². The van der Waals surface area contributed by atoms with Crippen LogP contribution in [0.3, 0.4) is 0 Å². The fourth-order valence-corrected chi connectivity index (χ4v) is 6.88. The summed E-state index contributed by atoms with van der Waals surface area (Å²) in [6, 6.07) is 11.5. The molecule has 3 atom stereocenters. The summed E-state index contributed by atoms with van der Waals surface area (Å²) in [5.74, 6) is 1.20. The number of amides is 1. The molecule has 1 saturated carbocycles. The monoisotopic (exact) mass is 571 g/mol. The Bertz CT molecular complexity index is 1240. The van der Waals surface area contributed by atoms with Gasteiger partial charge in [-0.3, -0.25) is 9.52 Å². The molecule has 40 heavy (non-hydrogen) atoms. The summed E-state index contributed by atoms with van der Waals surface area (Å²) in [5, 5.41) is 9.90. The molecule has 8 nitrogen and oxygen atoms in total. The van der Waals surface area contributed by atoms with Crippen molar-refractivity contribution in [3.05, 3.63) is 53.6 Å². The molecule has 0 unspecified atom stereocenters. The lowest BCUT2D eigenvalue weighted by Crippen LogP contribution is -2.48. The highest BCUT2D eigenvalue weighted by Gasteiger charge is 2.31. The molecule has 1 aliphatic carbocycles. The van der Waals surface area contributed by atoms with Gasteiger partial charge in [0.25, 0.3) is 10.0 Å². The van der Waals surface area contributed by atoms with Gasteiger partial charge < -0.3 is 19.6 Å². The Morgan fingerprint density at radius 3 is 2.48 bits per heavy atom. The van der Waals surface area contributed by atoms with Crippen LogP contribution in [0.15, 0.2) is 47.4 Å². The normalized spacial score (nSPS) is 21.6. The molecule has 1 amide bonds. The number of likely N-dealkylation sites (N-methyl/N-ethyl adjacent to an activating group) is 1. The van der Waals surface area contributed by atoms with E-state index in [1.807, 2.05) is 13.8 Å². The fourth-order valence-electron chi connectivity index (χ4n) is 5.83. The minimum Gasteiger partial charge on any atom is -0.488 e. The lowest BCUT2D eigenvalue weighted by molar-refractivity contribution is -0.134. The van der Waals surface area contributed by atoms with Crippen LogP contribution in [0.4, 0.5) is 5.69 Å². The summed E-state index contributed by atoms with van der Waals surface area (Å²) in [6.07, 6.45) is 6.34. The van der Waals surface area contributed by atoms with Crippen LogP contribution in [0.1, 0.15) is 57.1 Å². The van der Waals surface area contributed by atoms with Gasteiger partial charge in [-0.1, -0.05) is 43.9 Å². The maximum absolute atomic E-state index is 13.5. The Morgan fingerprint density at radius 1 is 1.10 bits per heavy atom. The molecule has 2 aromatic rings. The summed E-state index contributed by atoms with van der Waals surface area (Å²) >= 11 is 0. The van der Waals surface area contributed by atoms with Crippen LogP contribution in [0.25, 0.3) is 0 Å². The van der Waals surface area contributed by atoms with Crippen molar-refractivity contribution in [1.29, 1.82) is 0 Å². The summed E-state index contributed by atoms with van der Waals surface area (Å²) in [5.41, 5.74) is 1.97. The second kappa shape index (κ2) is 13.4. The Balaban J connectivity index is 1.60. The highest BCUT2D eigenvalue weighted by Crippen LogP contribution is 2.31. The van der Waals surface area contributed by atoms with Gasteiger partial charge in [-0.15, -0.1) is 0 Å². The van der Waals surface area contributed by atoms with E-state index >= 15 is 0 Å². The number of aliphatic hydroxyl groups is 1. The van der Waals surface area contributed by atoms with Crippen LogP contribution in [-0.4, -0.2) is 74.7 Å². The van der Waals surface area contributed by atoms with Crippen LogP contribution in [0.2, 0.25) is 0 Å². The van der Waals surface area contributed by atoms with Gasteiger partial charge in [-0.25, -0.2) is 8.42 Å². The van der Waals surface area contributed by atoms with Crippen molar-refractivity contribution in [3.8, 4) is 5.75 Å². The van der Waals surface area contributed by atoms with Gasteiger partial charge >= 0.3 is 0 Å². The standard InChI is InChI=1S/C31H45N3O5S/c1-22-10-13-28(14-11-22)40(37,38)32-27-12-15-29-26(16-27)17-31(36)34(24(3)21-35)18-23(2)30(39-29)20-33(4)19-25-8-6-5-7-9-25/h10-16,23-25,30,32,35H,5-9,17-21H2,1-4H3/t23-,24-,30+/m1/s1. The average molecular weight is 572 g/mol. The molecule has 2 N–H and O–H groups in total. The zero-order chi connectivity index (χ0) is 28.9. The van der Waals surface area contributed by atoms with E-state index in [1.165, 1.54) is 32.1 Å². The van der Waals surface area contributed by atoms with E-state index in [9.17, 15) is 18.3 Å². The van der Waals surface area contributed by atoms with E-state index in [0.29, 0.717) is 36.0 Å². The van der Waals surface area contributed by atoms with Gasteiger partial charge in [0.1, 0.15) is 11.9 Å². The highest BCUT2D eigenvalue weighted by molar-refractivity contribution is 7.92. The van der Waals surface area contributed by atoms with Gasteiger partial charge in [-0.2, -0.15) is 0 Å². The van der Waals surface area contributed by atoms with Crippen LogP contribution in [0, 0.1) is 18.8 Å². The molecule has 1 aliphatic heterocycles. The van der Waals surface area contributed by atoms with Crippen LogP contribution >= 0.6 is 0 Å². The summed E-state index contributed by atoms with van der Waals surface area (Å²) < 4.78 is 35.3. The quantitative estimate of drug-likeness (QED) is 0.461. The number of sulfonamides is 1. The number of hydrogen-bond donors (Lipinski definition) is 2. The maximum atomic E-state index is 13.5. The summed E-state index contributed by atoms with van der Waals surface area (Å²) in [7, 11) is -1.66. The lowest BCUT2D eigenvalue weighted by Gasteiger charge is -2.35. The van der Waals surface area contributed by atoms with E-state index in [-0.39, 0.29) is 41.9 Å². The SMILES string of the molecule is Cc1ccc(S(=O)(=O)Nc2ccc3c(c2)CC(=O)N([C@H](C)CO)C[C@@H](C)[C@H](CN(C)CC2CCCCC2)O3)cc1. The van der Waals surface area contributed by atoms with Gasteiger partial charge in [0.15, 0.2) is 0 Å². The Labute approximate surface area is 239 Å². The first-order valence-electron chi connectivity index (χ1n) is 14.5. The number of ether oxygens (including phenoxy) is 1. The number of nitrogens with zero attached hydrogens (tertiary/aromatic N) is 2. The molecule has 0 radical (unpaired) electrons. The molecular weight excluding hydrogens is 526 g/mol. The number of carbonyl (C=O) groups is 1. The van der Waals surface area contributed by atoms with Gasteiger partial charge in [0.05, 0.1) is 24.0 Å². The van der Waals surface area contributed by atoms with E-state index in [2.05, 4.69) is 23.6 Å². The van der Waals surface area contributed by atoms with E-state index in [1.54, 1.807) is 47.4 Å². The molecule has 0 bridgehead atoms. The second-order valence-electron chi connectivity index (χ2n) is 11.9. The number of anilines is 1. The first-order chi connectivity index (χ1) is 19.1. The van der Waals surface area contributed by atoms with Crippen molar-refractivity contribution in [2.75, 3.05) is 38.0 Å². The number of aliphatic hydroxyl groups excluding tert-OH is 1. The van der Waals surface area contributed by atoms with E-state index in [4.69, 9.17) is 4.74 Å². The Morgan fingerprint density at radius 2 is 1.80 bits per heavy atom. The van der Waals surface area contributed by atoms with Crippen molar-refractivity contribution in [1.82, 2.24) is 9.80 Å². The molecule has 9 heteroatoms. The molecule has 1 fully saturated rings. The number of fused-ring (bicyclic) bond motifs is 1. The molecule has 0 spiro atoms. The first-order valence-corrected chi connectivity index (χ1v) is 16.0.